The third-order valence-electron chi connectivity index (χ3n) is 5.55. The van der Waals surface area contributed by atoms with E-state index in [9.17, 15) is 0 Å². The zero-order chi connectivity index (χ0) is 22.6. The molecular weight excluding hydrogens is 414 g/mol. The Balaban J connectivity index is 1.33. The molecule has 5 rings (SSSR count). The molecule has 0 saturated heterocycles. The molecule has 0 spiro atoms. The van der Waals surface area contributed by atoms with Gasteiger partial charge in [-0.15, -0.1) is 0 Å². The molecule has 166 valence electrons. The average molecular weight is 440 g/mol. The van der Waals surface area contributed by atoms with Crippen molar-refractivity contribution in [3.8, 4) is 17.1 Å². The summed E-state index contributed by atoms with van der Waals surface area (Å²) in [6, 6.07) is 21.9. The van der Waals surface area contributed by atoms with Crippen LogP contribution in [0.2, 0.25) is 0 Å². The van der Waals surface area contributed by atoms with Gasteiger partial charge in [-0.1, -0.05) is 42.5 Å². The van der Waals surface area contributed by atoms with Gasteiger partial charge in [0.15, 0.2) is 0 Å². The summed E-state index contributed by atoms with van der Waals surface area (Å²) in [5, 5.41) is 0.952. The lowest BCUT2D eigenvalue weighted by Crippen LogP contribution is -1.98. The number of hydrogen-bond acceptors (Lipinski definition) is 6. The number of imidazole rings is 1. The van der Waals surface area contributed by atoms with Crippen molar-refractivity contribution in [2.24, 2.45) is 0 Å². The monoisotopic (exact) mass is 439 g/mol. The molecule has 0 aliphatic rings. The predicted molar refractivity (Wildman–Crippen MR) is 130 cm³/mol. The van der Waals surface area contributed by atoms with Gasteiger partial charge in [-0.3, -0.25) is 0 Å². The summed E-state index contributed by atoms with van der Waals surface area (Å²) in [5.74, 6) is 1.89. The van der Waals surface area contributed by atoms with Crippen LogP contribution in [0.3, 0.4) is 0 Å². The molecule has 7 heteroatoms. The number of methoxy groups -OCH3 is 1. The fourth-order valence-corrected chi connectivity index (χ4v) is 3.89. The maximum absolute atomic E-state index is 6.27. The maximum atomic E-state index is 6.27. The highest BCUT2D eigenvalue weighted by Gasteiger charge is 2.13. The van der Waals surface area contributed by atoms with Crippen molar-refractivity contribution in [1.29, 1.82) is 0 Å². The van der Waals surface area contributed by atoms with E-state index in [2.05, 4.69) is 27.1 Å². The van der Waals surface area contributed by atoms with Crippen molar-refractivity contribution in [2.75, 3.05) is 19.5 Å². The Morgan fingerprint density at radius 1 is 0.939 bits per heavy atom. The van der Waals surface area contributed by atoms with Gasteiger partial charge in [0.2, 0.25) is 5.88 Å². The van der Waals surface area contributed by atoms with Gasteiger partial charge in [0.1, 0.15) is 22.7 Å². The summed E-state index contributed by atoms with van der Waals surface area (Å²) in [4.78, 5) is 17.3. The number of H-pyrrole nitrogens is 1. The molecule has 0 atom stereocenters. The smallest absolute Gasteiger partial charge is 0.213 e. The van der Waals surface area contributed by atoms with E-state index in [0.717, 1.165) is 51.9 Å². The number of aryl methyl sites for hydroxylation is 1. The number of anilines is 1. The molecular formula is C26H25N5O2. The number of nitrogens with zero attached hydrogens (tertiary/aromatic N) is 3. The van der Waals surface area contributed by atoms with Crippen molar-refractivity contribution in [3.63, 3.8) is 0 Å². The Labute approximate surface area is 191 Å². The molecule has 2 aromatic carbocycles. The normalized spacial score (nSPS) is 11.3. The van der Waals surface area contributed by atoms with Gasteiger partial charge in [0.05, 0.1) is 24.9 Å². The first-order valence-electron chi connectivity index (χ1n) is 10.9. The number of hydrogen-bond donors (Lipinski definition) is 2. The van der Waals surface area contributed by atoms with Crippen molar-refractivity contribution >= 4 is 27.8 Å². The van der Waals surface area contributed by atoms with E-state index < -0.39 is 0 Å². The number of benzene rings is 2. The number of aromatic amines is 1. The van der Waals surface area contributed by atoms with Gasteiger partial charge in [0.25, 0.3) is 0 Å². The Kier molecular flexibility index (Phi) is 5.87. The van der Waals surface area contributed by atoms with E-state index in [1.807, 2.05) is 54.6 Å². The summed E-state index contributed by atoms with van der Waals surface area (Å²) >= 11 is 0. The molecule has 0 aliphatic carbocycles. The van der Waals surface area contributed by atoms with Crippen LogP contribution in [0.25, 0.3) is 33.2 Å². The van der Waals surface area contributed by atoms with Crippen molar-refractivity contribution in [1.82, 2.24) is 19.9 Å². The minimum Gasteiger partial charge on any atom is -0.481 e. The lowest BCUT2D eigenvalue weighted by molar-refractivity contribution is 0.118. The van der Waals surface area contributed by atoms with E-state index in [-0.39, 0.29) is 0 Å². The first-order valence-corrected chi connectivity index (χ1v) is 10.9. The fraction of sp³-hybridized carbons (Fsp3) is 0.192. The lowest BCUT2D eigenvalue weighted by atomic mass is 10.1. The Morgan fingerprint density at radius 3 is 2.67 bits per heavy atom. The van der Waals surface area contributed by atoms with Crippen LogP contribution in [0.5, 0.6) is 5.88 Å². The highest BCUT2D eigenvalue weighted by molar-refractivity contribution is 6.07. The van der Waals surface area contributed by atoms with Gasteiger partial charge in [0, 0.05) is 30.0 Å². The van der Waals surface area contributed by atoms with Crippen LogP contribution in [-0.2, 0) is 17.8 Å². The molecule has 0 radical (unpaired) electrons. The molecule has 0 saturated carbocycles. The van der Waals surface area contributed by atoms with Crippen LogP contribution in [0.1, 0.15) is 17.8 Å². The van der Waals surface area contributed by atoms with Gasteiger partial charge < -0.3 is 20.2 Å². The molecule has 0 unspecified atom stereocenters. The van der Waals surface area contributed by atoms with Crippen LogP contribution < -0.4 is 10.5 Å². The molecule has 3 N–H and O–H groups in total. The zero-order valence-electron chi connectivity index (χ0n) is 18.4. The molecule has 5 aromatic rings. The summed E-state index contributed by atoms with van der Waals surface area (Å²) in [6.45, 7) is 1.28. The van der Waals surface area contributed by atoms with Crippen molar-refractivity contribution in [3.05, 3.63) is 78.1 Å². The van der Waals surface area contributed by atoms with E-state index in [1.54, 1.807) is 7.11 Å². The van der Waals surface area contributed by atoms with Gasteiger partial charge >= 0.3 is 0 Å². The number of pyridine rings is 2. The Hall–Kier alpha value is -3.97. The maximum Gasteiger partial charge on any atom is 0.213 e. The second kappa shape index (κ2) is 9.26. The quantitative estimate of drug-likeness (QED) is 0.333. The van der Waals surface area contributed by atoms with E-state index in [1.165, 1.54) is 5.56 Å². The molecule has 0 fully saturated rings. The van der Waals surface area contributed by atoms with Crippen molar-refractivity contribution < 1.29 is 9.47 Å². The molecule has 3 aromatic heterocycles. The molecule has 0 aliphatic heterocycles. The highest BCUT2D eigenvalue weighted by Crippen LogP contribution is 2.30. The second-order valence-electron chi connectivity index (χ2n) is 7.84. The number of ether oxygens (including phenoxy) is 2. The fourth-order valence-electron chi connectivity index (χ4n) is 3.89. The summed E-state index contributed by atoms with van der Waals surface area (Å²) in [5.41, 5.74) is 11.6. The van der Waals surface area contributed by atoms with Crippen molar-refractivity contribution in [2.45, 2.75) is 19.4 Å². The average Bonchev–Trinajstić information content (AvgIpc) is 3.29. The van der Waals surface area contributed by atoms with Crippen LogP contribution in [0, 0.1) is 0 Å². The zero-order valence-corrected chi connectivity index (χ0v) is 18.4. The second-order valence-corrected chi connectivity index (χ2v) is 7.84. The molecule has 7 nitrogen and oxygen atoms in total. The topological polar surface area (TPSA) is 98.9 Å². The summed E-state index contributed by atoms with van der Waals surface area (Å²) in [6.07, 6.45) is 1.64. The highest BCUT2D eigenvalue weighted by atomic mass is 16.5. The van der Waals surface area contributed by atoms with Crippen LogP contribution >= 0.6 is 0 Å². The largest absolute Gasteiger partial charge is 0.481 e. The first-order chi connectivity index (χ1) is 16.2. The number of nitrogens with one attached hydrogen (secondary N) is 1. The third kappa shape index (κ3) is 4.49. The number of rotatable bonds is 8. The van der Waals surface area contributed by atoms with E-state index in [4.69, 9.17) is 20.2 Å². The SMILES string of the molecule is COc1cccc(-c2ccc3c(c2)nc(N)c2[nH]c(CCCOCc4ccccc4)nc23)n1. The third-order valence-corrected chi connectivity index (χ3v) is 5.55. The Morgan fingerprint density at radius 2 is 1.82 bits per heavy atom. The standard InChI is InChI=1S/C26H25N5O2/c1-32-23-11-5-9-20(28-23)18-12-13-19-21(15-18)29-26(27)25-24(19)30-22(31-25)10-6-14-33-16-17-7-3-2-4-8-17/h2-5,7-9,11-13,15H,6,10,14,16H2,1H3,(H2,27,29)(H,30,31). The summed E-state index contributed by atoms with van der Waals surface area (Å²) in [7, 11) is 1.61. The van der Waals surface area contributed by atoms with Crippen LogP contribution in [0.4, 0.5) is 5.82 Å². The number of aromatic nitrogens is 4. The number of fused-ring (bicyclic) bond motifs is 3. The molecule has 0 bridgehead atoms. The van der Waals surface area contributed by atoms with E-state index >= 15 is 0 Å². The minimum absolute atomic E-state index is 0.437. The van der Waals surface area contributed by atoms with E-state index in [0.29, 0.717) is 24.9 Å². The minimum atomic E-state index is 0.437. The molecule has 33 heavy (non-hydrogen) atoms. The first kappa shape index (κ1) is 20.9. The molecule has 0 amide bonds. The van der Waals surface area contributed by atoms with Crippen LogP contribution in [-0.4, -0.2) is 33.7 Å². The number of nitrogens with two attached hydrogens (primary N) is 1. The van der Waals surface area contributed by atoms with Crippen LogP contribution in [0.15, 0.2) is 66.7 Å². The lowest BCUT2D eigenvalue weighted by Gasteiger charge is -2.06. The number of nitrogen functional groups attached to an aromatic ring is 1. The summed E-state index contributed by atoms with van der Waals surface area (Å²) < 4.78 is 11.0. The Bertz CT molecular complexity index is 1400. The van der Waals surface area contributed by atoms with Gasteiger partial charge in [-0.05, 0) is 30.2 Å². The molecule has 3 heterocycles. The van der Waals surface area contributed by atoms with Gasteiger partial charge in [-0.25, -0.2) is 15.0 Å². The van der Waals surface area contributed by atoms with Gasteiger partial charge in [-0.2, -0.15) is 0 Å². The predicted octanol–water partition coefficient (Wildman–Crippen LogP) is 4.91.